The highest BCUT2D eigenvalue weighted by Gasteiger charge is 2.18. The zero-order chi connectivity index (χ0) is 12.3. The molecule has 0 aliphatic carbocycles. The molecule has 0 radical (unpaired) electrons. The summed E-state index contributed by atoms with van der Waals surface area (Å²) in [5.74, 6) is 0. The summed E-state index contributed by atoms with van der Waals surface area (Å²) < 4.78 is 0. The minimum absolute atomic E-state index is 0.0846. The van der Waals surface area contributed by atoms with Crippen LogP contribution in [0.15, 0.2) is 6.20 Å². The molecular weight excluding hydrogens is 240 g/mol. The van der Waals surface area contributed by atoms with Crippen LogP contribution in [0.5, 0.6) is 0 Å². The van der Waals surface area contributed by atoms with Crippen LogP contribution in [-0.2, 0) is 0 Å². The fourth-order valence-electron chi connectivity index (χ4n) is 1.98. The summed E-state index contributed by atoms with van der Waals surface area (Å²) in [7, 11) is 0. The molecule has 0 bridgehead atoms. The molecular formula is C10H16N4O2S. The highest BCUT2D eigenvalue weighted by atomic mass is 32.1. The fraction of sp³-hybridized carbons (Fsp3) is 0.700. The van der Waals surface area contributed by atoms with Gasteiger partial charge in [-0.1, -0.05) is 0 Å². The van der Waals surface area contributed by atoms with Crippen molar-refractivity contribution in [1.82, 2.24) is 9.88 Å². The summed E-state index contributed by atoms with van der Waals surface area (Å²) in [5, 5.41) is 14.4. The second kappa shape index (κ2) is 5.42. The van der Waals surface area contributed by atoms with E-state index < -0.39 is 4.92 Å². The Kier molecular flexibility index (Phi) is 3.90. The van der Waals surface area contributed by atoms with E-state index in [1.807, 2.05) is 0 Å². The molecule has 94 valence electrons. The second-order valence-electron chi connectivity index (χ2n) is 4.23. The van der Waals surface area contributed by atoms with Crippen LogP contribution in [0.1, 0.15) is 19.8 Å². The van der Waals surface area contributed by atoms with E-state index in [1.165, 1.54) is 19.0 Å². The molecule has 1 atom stereocenters. The van der Waals surface area contributed by atoms with Crippen LogP contribution < -0.4 is 5.32 Å². The fourth-order valence-corrected chi connectivity index (χ4v) is 2.62. The van der Waals surface area contributed by atoms with Crippen LogP contribution in [0, 0.1) is 10.1 Å². The molecule has 1 aromatic heterocycles. The molecule has 1 aliphatic rings. The molecule has 0 amide bonds. The number of hydrogen-bond acceptors (Lipinski definition) is 6. The number of nitrogens with one attached hydrogen (secondary N) is 1. The number of aromatic nitrogens is 1. The molecule has 2 rings (SSSR count). The molecule has 1 saturated heterocycles. The van der Waals surface area contributed by atoms with Crippen LogP contribution >= 0.6 is 11.3 Å². The van der Waals surface area contributed by atoms with E-state index in [-0.39, 0.29) is 5.00 Å². The van der Waals surface area contributed by atoms with Crippen molar-refractivity contribution in [3.8, 4) is 0 Å². The van der Waals surface area contributed by atoms with Crippen molar-refractivity contribution in [2.45, 2.75) is 25.8 Å². The molecule has 0 saturated carbocycles. The van der Waals surface area contributed by atoms with Gasteiger partial charge in [0.1, 0.15) is 6.20 Å². The molecule has 0 aromatic carbocycles. The van der Waals surface area contributed by atoms with Crippen molar-refractivity contribution in [2.24, 2.45) is 0 Å². The smallest absolute Gasteiger partial charge is 0.345 e. The van der Waals surface area contributed by atoms with Gasteiger partial charge in [0, 0.05) is 12.6 Å². The average molecular weight is 256 g/mol. The van der Waals surface area contributed by atoms with Gasteiger partial charge in [0.25, 0.3) is 0 Å². The molecule has 1 aliphatic heterocycles. The van der Waals surface area contributed by atoms with Gasteiger partial charge in [-0.15, -0.1) is 0 Å². The maximum Gasteiger partial charge on any atom is 0.345 e. The maximum absolute atomic E-state index is 10.5. The second-order valence-corrected chi connectivity index (χ2v) is 5.24. The Balaban J connectivity index is 1.82. The first-order chi connectivity index (χ1) is 8.16. The van der Waals surface area contributed by atoms with Gasteiger partial charge < -0.3 is 5.32 Å². The summed E-state index contributed by atoms with van der Waals surface area (Å²) in [5.41, 5.74) is 0. The predicted octanol–water partition coefficient (Wildman–Crippen LogP) is 1.95. The highest BCUT2D eigenvalue weighted by molar-refractivity contribution is 7.18. The summed E-state index contributed by atoms with van der Waals surface area (Å²) in [6, 6.07) is 0.445. The maximum atomic E-state index is 10.5. The van der Waals surface area contributed by atoms with Crippen molar-refractivity contribution in [3.05, 3.63) is 16.3 Å². The van der Waals surface area contributed by atoms with E-state index in [4.69, 9.17) is 0 Å². The average Bonchev–Trinajstić information content (AvgIpc) is 2.97. The normalized spacial score (nSPS) is 18.2. The minimum Gasteiger partial charge on any atom is -0.360 e. The zero-order valence-corrected chi connectivity index (χ0v) is 10.6. The monoisotopic (exact) mass is 256 g/mol. The van der Waals surface area contributed by atoms with E-state index in [1.54, 1.807) is 0 Å². The lowest BCUT2D eigenvalue weighted by atomic mass is 10.3. The number of anilines is 1. The largest absolute Gasteiger partial charge is 0.360 e. The van der Waals surface area contributed by atoms with Crippen LogP contribution in [0.2, 0.25) is 0 Å². The molecule has 1 N–H and O–H groups in total. The number of likely N-dealkylation sites (tertiary alicyclic amines) is 1. The van der Waals surface area contributed by atoms with Gasteiger partial charge in [-0.25, -0.2) is 4.98 Å². The van der Waals surface area contributed by atoms with Gasteiger partial charge in [-0.2, -0.15) is 0 Å². The molecule has 2 heterocycles. The lowest BCUT2D eigenvalue weighted by Gasteiger charge is -2.23. The standard InChI is InChI=1S/C10H16N4O2S/c1-8(13-4-2-3-5-13)6-11-10-12-7-9(17-10)14(15)16/h7-8H,2-6H2,1H3,(H,11,12). The topological polar surface area (TPSA) is 71.3 Å². The molecule has 1 aromatic rings. The number of nitro groups is 1. The van der Waals surface area contributed by atoms with Gasteiger partial charge in [0.05, 0.1) is 4.92 Å². The van der Waals surface area contributed by atoms with E-state index in [9.17, 15) is 10.1 Å². The van der Waals surface area contributed by atoms with Gasteiger partial charge in [-0.3, -0.25) is 15.0 Å². The van der Waals surface area contributed by atoms with E-state index in [2.05, 4.69) is 22.1 Å². The van der Waals surface area contributed by atoms with Crippen molar-refractivity contribution in [1.29, 1.82) is 0 Å². The van der Waals surface area contributed by atoms with Crippen molar-refractivity contribution in [3.63, 3.8) is 0 Å². The Morgan fingerprint density at radius 3 is 2.94 bits per heavy atom. The summed E-state index contributed by atoms with van der Waals surface area (Å²) in [6.45, 7) is 5.26. The Morgan fingerprint density at radius 2 is 2.35 bits per heavy atom. The molecule has 17 heavy (non-hydrogen) atoms. The Bertz CT molecular complexity index is 389. The first-order valence-electron chi connectivity index (χ1n) is 5.75. The van der Waals surface area contributed by atoms with Crippen LogP contribution in [0.3, 0.4) is 0 Å². The molecule has 1 fully saturated rings. The van der Waals surface area contributed by atoms with E-state index in [0.29, 0.717) is 11.2 Å². The third-order valence-corrected chi connectivity index (χ3v) is 3.89. The SMILES string of the molecule is CC(CNc1ncc([N+](=O)[O-])s1)N1CCCC1. The van der Waals surface area contributed by atoms with Crippen molar-refractivity contribution in [2.75, 3.05) is 25.0 Å². The van der Waals surface area contributed by atoms with Gasteiger partial charge in [0.15, 0.2) is 5.13 Å². The number of nitrogens with zero attached hydrogens (tertiary/aromatic N) is 3. The zero-order valence-electron chi connectivity index (χ0n) is 9.76. The van der Waals surface area contributed by atoms with E-state index in [0.717, 1.165) is 31.0 Å². The lowest BCUT2D eigenvalue weighted by molar-refractivity contribution is -0.380. The number of hydrogen-bond donors (Lipinski definition) is 1. The van der Waals surface area contributed by atoms with E-state index >= 15 is 0 Å². The quantitative estimate of drug-likeness (QED) is 0.644. The van der Waals surface area contributed by atoms with Crippen LogP contribution in [-0.4, -0.2) is 40.5 Å². The molecule has 0 spiro atoms. The molecule has 1 unspecified atom stereocenters. The van der Waals surface area contributed by atoms with Crippen molar-refractivity contribution >= 4 is 21.5 Å². The van der Waals surface area contributed by atoms with Gasteiger partial charge in [0.2, 0.25) is 0 Å². The molecule has 6 nitrogen and oxygen atoms in total. The third-order valence-electron chi connectivity index (χ3n) is 2.99. The van der Waals surface area contributed by atoms with Crippen LogP contribution in [0.25, 0.3) is 0 Å². The first-order valence-corrected chi connectivity index (χ1v) is 6.56. The summed E-state index contributed by atoms with van der Waals surface area (Å²) >= 11 is 1.09. The number of thiazole rings is 1. The highest BCUT2D eigenvalue weighted by Crippen LogP contribution is 2.25. The Morgan fingerprint density at radius 1 is 1.65 bits per heavy atom. The predicted molar refractivity (Wildman–Crippen MR) is 67.5 cm³/mol. The summed E-state index contributed by atoms with van der Waals surface area (Å²) in [6.07, 6.45) is 3.84. The lowest BCUT2D eigenvalue weighted by Crippen LogP contribution is -2.35. The molecule has 7 heteroatoms. The Hall–Kier alpha value is -1.21. The Labute approximate surface area is 104 Å². The van der Waals surface area contributed by atoms with Crippen molar-refractivity contribution < 1.29 is 4.92 Å². The first kappa shape index (κ1) is 12.3. The van der Waals surface area contributed by atoms with Crippen LogP contribution in [0.4, 0.5) is 10.1 Å². The van der Waals surface area contributed by atoms with Gasteiger partial charge in [-0.05, 0) is 44.2 Å². The summed E-state index contributed by atoms with van der Waals surface area (Å²) in [4.78, 5) is 16.5. The third kappa shape index (κ3) is 3.13. The number of rotatable bonds is 5. The minimum atomic E-state index is -0.410. The van der Waals surface area contributed by atoms with Gasteiger partial charge >= 0.3 is 5.00 Å².